The molecule has 0 atom stereocenters. The van der Waals surface area contributed by atoms with Crippen LogP contribution in [0.2, 0.25) is 0 Å². The van der Waals surface area contributed by atoms with Crippen molar-refractivity contribution in [3.8, 4) is 17.1 Å². The summed E-state index contributed by atoms with van der Waals surface area (Å²) in [5.41, 5.74) is 4.24. The van der Waals surface area contributed by atoms with Gasteiger partial charge < -0.3 is 15.1 Å². The normalized spacial score (nSPS) is 11.6. The van der Waals surface area contributed by atoms with Crippen LogP contribution in [0.3, 0.4) is 0 Å². The second-order valence-electron chi connectivity index (χ2n) is 6.29. The molecule has 4 rings (SSSR count). The lowest BCUT2D eigenvalue weighted by atomic mass is 9.99. The van der Waals surface area contributed by atoms with E-state index in [2.05, 4.69) is 29.0 Å². The lowest BCUT2D eigenvalue weighted by Crippen LogP contribution is -1.86. The highest BCUT2D eigenvalue weighted by atomic mass is 16.3. The van der Waals surface area contributed by atoms with Crippen molar-refractivity contribution < 1.29 is 5.11 Å². The van der Waals surface area contributed by atoms with Crippen molar-refractivity contribution in [1.29, 1.82) is 0 Å². The van der Waals surface area contributed by atoms with Crippen molar-refractivity contribution in [2.24, 2.45) is 5.18 Å². The molecule has 0 bridgehead atoms. The minimum atomic E-state index is 0.0300. The van der Waals surface area contributed by atoms with Crippen LogP contribution in [-0.2, 0) is 0 Å². The van der Waals surface area contributed by atoms with E-state index in [9.17, 15) is 10.0 Å². The summed E-state index contributed by atoms with van der Waals surface area (Å²) in [7, 11) is 0. The number of nitroso groups, excluding NO2 is 1. The van der Waals surface area contributed by atoms with Crippen LogP contribution in [0.5, 0.6) is 5.88 Å². The standard InChI is InChI=1S/C19H17N3O2/c1-10(2)11-7-8-15-13(9-11)16(19(23)21-15)18-17(22-24)12-5-3-4-6-14(12)20-18/h3-10,20-21,23H,1-2H3. The predicted octanol–water partition coefficient (Wildman–Crippen LogP) is 5.54. The third kappa shape index (κ3) is 2.01. The number of para-hydroxylation sites is 1. The van der Waals surface area contributed by atoms with Gasteiger partial charge in [-0.1, -0.05) is 38.1 Å². The zero-order valence-corrected chi connectivity index (χ0v) is 13.4. The Kier molecular flexibility index (Phi) is 3.16. The molecule has 0 fully saturated rings. The molecule has 120 valence electrons. The van der Waals surface area contributed by atoms with E-state index in [0.29, 0.717) is 22.9 Å². The number of aromatic amines is 2. The van der Waals surface area contributed by atoms with Crippen LogP contribution in [0.1, 0.15) is 25.3 Å². The van der Waals surface area contributed by atoms with Crippen molar-refractivity contribution in [1.82, 2.24) is 9.97 Å². The van der Waals surface area contributed by atoms with Gasteiger partial charge in [0.25, 0.3) is 0 Å². The number of H-pyrrole nitrogens is 2. The van der Waals surface area contributed by atoms with Gasteiger partial charge >= 0.3 is 0 Å². The first kappa shape index (κ1) is 14.5. The Bertz CT molecular complexity index is 1070. The van der Waals surface area contributed by atoms with E-state index in [1.165, 1.54) is 5.56 Å². The van der Waals surface area contributed by atoms with E-state index in [4.69, 9.17) is 0 Å². The van der Waals surface area contributed by atoms with E-state index >= 15 is 0 Å². The zero-order chi connectivity index (χ0) is 16.8. The quantitative estimate of drug-likeness (QED) is 0.433. The first-order valence-electron chi connectivity index (χ1n) is 7.89. The maximum atomic E-state index is 11.5. The Labute approximate surface area is 138 Å². The van der Waals surface area contributed by atoms with Gasteiger partial charge in [-0.05, 0) is 34.9 Å². The van der Waals surface area contributed by atoms with Crippen LogP contribution in [0.15, 0.2) is 47.6 Å². The summed E-state index contributed by atoms with van der Waals surface area (Å²) in [6.07, 6.45) is 0. The van der Waals surface area contributed by atoms with E-state index in [0.717, 1.165) is 21.8 Å². The Hall–Kier alpha value is -3.08. The monoisotopic (exact) mass is 319 g/mol. The number of benzene rings is 2. The predicted molar refractivity (Wildman–Crippen MR) is 96.8 cm³/mol. The minimum absolute atomic E-state index is 0.0300. The zero-order valence-electron chi connectivity index (χ0n) is 13.4. The molecule has 24 heavy (non-hydrogen) atoms. The lowest BCUT2D eigenvalue weighted by Gasteiger charge is -2.05. The number of aromatic nitrogens is 2. The number of aromatic hydroxyl groups is 1. The molecule has 0 aliphatic heterocycles. The highest BCUT2D eigenvalue weighted by Gasteiger charge is 2.21. The SMILES string of the molecule is CC(C)c1ccc2[nH]c(O)c(-c3[nH]c4ccccc4c3N=O)c2c1. The van der Waals surface area contributed by atoms with Gasteiger partial charge in [0.2, 0.25) is 0 Å². The molecule has 5 heteroatoms. The van der Waals surface area contributed by atoms with Gasteiger partial charge in [-0.3, -0.25) is 0 Å². The van der Waals surface area contributed by atoms with Crippen molar-refractivity contribution in [2.75, 3.05) is 0 Å². The number of hydrogen-bond acceptors (Lipinski definition) is 3. The van der Waals surface area contributed by atoms with Gasteiger partial charge in [0, 0.05) is 21.8 Å². The molecule has 4 aromatic rings. The molecule has 2 aromatic carbocycles. The Morgan fingerprint density at radius 2 is 1.75 bits per heavy atom. The van der Waals surface area contributed by atoms with E-state index in [1.54, 1.807) is 0 Å². The number of nitrogens with zero attached hydrogens (tertiary/aromatic N) is 1. The second kappa shape index (κ2) is 5.23. The molecule has 2 aromatic heterocycles. The summed E-state index contributed by atoms with van der Waals surface area (Å²) in [5, 5.41) is 15.3. The van der Waals surface area contributed by atoms with E-state index in [1.807, 2.05) is 42.5 Å². The van der Waals surface area contributed by atoms with Gasteiger partial charge in [-0.25, -0.2) is 0 Å². The molecule has 0 saturated heterocycles. The van der Waals surface area contributed by atoms with Gasteiger partial charge in [0.05, 0.1) is 11.3 Å². The van der Waals surface area contributed by atoms with E-state index in [-0.39, 0.29) is 5.88 Å². The third-order valence-corrected chi connectivity index (χ3v) is 4.49. The summed E-state index contributed by atoms with van der Waals surface area (Å²) in [4.78, 5) is 17.7. The average molecular weight is 319 g/mol. The molecule has 0 aliphatic carbocycles. The maximum absolute atomic E-state index is 11.5. The molecule has 0 saturated carbocycles. The molecule has 0 aliphatic rings. The smallest absolute Gasteiger partial charge is 0.199 e. The van der Waals surface area contributed by atoms with Crippen molar-refractivity contribution >= 4 is 27.5 Å². The summed E-state index contributed by atoms with van der Waals surface area (Å²) in [5.74, 6) is 0.396. The fourth-order valence-electron chi connectivity index (χ4n) is 3.21. The fourth-order valence-corrected chi connectivity index (χ4v) is 3.21. The molecule has 0 unspecified atom stereocenters. The third-order valence-electron chi connectivity index (χ3n) is 4.49. The van der Waals surface area contributed by atoms with Crippen LogP contribution in [0, 0.1) is 4.91 Å². The van der Waals surface area contributed by atoms with Gasteiger partial charge in [-0.2, -0.15) is 0 Å². The number of hydrogen-bond donors (Lipinski definition) is 3. The summed E-state index contributed by atoms with van der Waals surface area (Å²) in [6, 6.07) is 13.5. The molecule has 5 nitrogen and oxygen atoms in total. The first-order chi connectivity index (χ1) is 11.6. The fraction of sp³-hybridized carbons (Fsp3) is 0.158. The molecule has 3 N–H and O–H groups in total. The Morgan fingerprint density at radius 1 is 1.00 bits per heavy atom. The number of rotatable bonds is 3. The van der Waals surface area contributed by atoms with Gasteiger partial charge in [0.1, 0.15) is 5.69 Å². The largest absolute Gasteiger partial charge is 0.494 e. The van der Waals surface area contributed by atoms with Crippen LogP contribution in [0.25, 0.3) is 33.1 Å². The molecule has 0 amide bonds. The topological polar surface area (TPSA) is 81.2 Å². The van der Waals surface area contributed by atoms with Crippen molar-refractivity contribution in [2.45, 2.75) is 19.8 Å². The Morgan fingerprint density at radius 3 is 2.50 bits per heavy atom. The van der Waals surface area contributed by atoms with Gasteiger partial charge in [0.15, 0.2) is 5.88 Å². The van der Waals surface area contributed by atoms with Crippen LogP contribution < -0.4 is 0 Å². The molecular formula is C19H17N3O2. The number of fused-ring (bicyclic) bond motifs is 2. The first-order valence-corrected chi connectivity index (χ1v) is 7.89. The highest BCUT2D eigenvalue weighted by Crippen LogP contribution is 2.44. The van der Waals surface area contributed by atoms with Crippen LogP contribution >= 0.6 is 0 Å². The summed E-state index contributed by atoms with van der Waals surface area (Å²) < 4.78 is 0. The summed E-state index contributed by atoms with van der Waals surface area (Å²) in [6.45, 7) is 4.24. The molecule has 0 radical (unpaired) electrons. The van der Waals surface area contributed by atoms with Crippen LogP contribution in [-0.4, -0.2) is 15.1 Å². The summed E-state index contributed by atoms with van der Waals surface area (Å²) >= 11 is 0. The van der Waals surface area contributed by atoms with E-state index < -0.39 is 0 Å². The average Bonchev–Trinajstić information content (AvgIpc) is 3.09. The maximum Gasteiger partial charge on any atom is 0.199 e. The molecular weight excluding hydrogens is 302 g/mol. The second-order valence-corrected chi connectivity index (χ2v) is 6.29. The van der Waals surface area contributed by atoms with Crippen molar-refractivity contribution in [3.05, 3.63) is 52.9 Å². The lowest BCUT2D eigenvalue weighted by molar-refractivity contribution is 0.460. The number of nitrogens with one attached hydrogen (secondary N) is 2. The van der Waals surface area contributed by atoms with Gasteiger partial charge in [-0.15, -0.1) is 4.91 Å². The Balaban J connectivity index is 2.08. The van der Waals surface area contributed by atoms with Crippen LogP contribution in [0.4, 0.5) is 5.69 Å². The van der Waals surface area contributed by atoms with Crippen molar-refractivity contribution in [3.63, 3.8) is 0 Å². The highest BCUT2D eigenvalue weighted by molar-refractivity contribution is 6.07. The molecule has 2 heterocycles. The minimum Gasteiger partial charge on any atom is -0.494 e. The molecule has 0 spiro atoms.